The second-order valence-corrected chi connectivity index (χ2v) is 6.82. The van der Waals surface area contributed by atoms with Crippen molar-refractivity contribution >= 4 is 5.96 Å². The van der Waals surface area contributed by atoms with Gasteiger partial charge in [0.1, 0.15) is 0 Å². The van der Waals surface area contributed by atoms with Crippen molar-refractivity contribution in [2.75, 3.05) is 39.8 Å². The zero-order chi connectivity index (χ0) is 15.1. The maximum absolute atomic E-state index is 4.86. The van der Waals surface area contributed by atoms with Gasteiger partial charge < -0.3 is 15.1 Å². The number of likely N-dealkylation sites (tertiary alicyclic amines) is 1. The summed E-state index contributed by atoms with van der Waals surface area (Å²) < 4.78 is 0. The molecular weight excluding hydrogens is 260 g/mol. The van der Waals surface area contributed by atoms with Crippen molar-refractivity contribution in [3.63, 3.8) is 0 Å². The molecule has 1 saturated heterocycles. The number of hydrogen-bond donors (Lipinski definition) is 1. The van der Waals surface area contributed by atoms with E-state index in [1.807, 2.05) is 0 Å². The maximum atomic E-state index is 4.86. The summed E-state index contributed by atoms with van der Waals surface area (Å²) in [6, 6.07) is 0.804. The number of rotatable bonds is 5. The van der Waals surface area contributed by atoms with Crippen molar-refractivity contribution < 1.29 is 0 Å². The molecule has 2 fully saturated rings. The lowest BCUT2D eigenvalue weighted by molar-refractivity contribution is 0.250. The Labute approximate surface area is 131 Å². The second-order valence-electron chi connectivity index (χ2n) is 6.82. The van der Waals surface area contributed by atoms with E-state index in [2.05, 4.69) is 36.0 Å². The van der Waals surface area contributed by atoms with Crippen LogP contribution in [-0.2, 0) is 0 Å². The van der Waals surface area contributed by atoms with E-state index >= 15 is 0 Å². The number of guanidine groups is 1. The van der Waals surface area contributed by atoms with Crippen molar-refractivity contribution in [3.8, 4) is 0 Å². The van der Waals surface area contributed by atoms with Crippen molar-refractivity contribution in [1.29, 1.82) is 0 Å². The van der Waals surface area contributed by atoms with Gasteiger partial charge in [-0.05, 0) is 45.6 Å². The summed E-state index contributed by atoms with van der Waals surface area (Å²) in [6.45, 7) is 9.80. The smallest absolute Gasteiger partial charge is 0.193 e. The van der Waals surface area contributed by atoms with Gasteiger partial charge in [-0.2, -0.15) is 0 Å². The van der Waals surface area contributed by atoms with E-state index in [0.29, 0.717) is 0 Å². The van der Waals surface area contributed by atoms with Crippen LogP contribution in [0.5, 0.6) is 0 Å². The molecule has 0 atom stereocenters. The Hall–Kier alpha value is -0.770. The summed E-state index contributed by atoms with van der Waals surface area (Å²) in [5, 5.41) is 3.47. The standard InChI is InChI=1S/C17H34N4/c1-4-18-17(21-12-9-15(2)10-13-21)19-11-14-20(3)16-7-5-6-8-16/h15-16H,4-14H2,1-3H3,(H,18,19). The molecule has 1 heterocycles. The highest BCUT2D eigenvalue weighted by Gasteiger charge is 2.20. The van der Waals surface area contributed by atoms with E-state index in [1.54, 1.807) is 0 Å². The fraction of sp³-hybridized carbons (Fsp3) is 0.941. The SMILES string of the molecule is CCNC(=NCCN(C)C1CCCC1)N1CCC(C)CC1. The molecule has 1 saturated carbocycles. The van der Waals surface area contributed by atoms with Gasteiger partial charge in [-0.1, -0.05) is 19.8 Å². The van der Waals surface area contributed by atoms with Gasteiger partial charge >= 0.3 is 0 Å². The van der Waals surface area contributed by atoms with Gasteiger partial charge in [0.05, 0.1) is 6.54 Å². The molecule has 2 rings (SSSR count). The molecule has 4 heteroatoms. The number of hydrogen-bond acceptors (Lipinski definition) is 2. The van der Waals surface area contributed by atoms with Crippen LogP contribution < -0.4 is 5.32 Å². The highest BCUT2D eigenvalue weighted by molar-refractivity contribution is 5.80. The van der Waals surface area contributed by atoms with Gasteiger partial charge in [0.25, 0.3) is 0 Å². The van der Waals surface area contributed by atoms with Gasteiger partial charge in [0.2, 0.25) is 0 Å². The minimum atomic E-state index is 0.804. The van der Waals surface area contributed by atoms with Crippen LogP contribution in [-0.4, -0.2) is 61.6 Å². The van der Waals surface area contributed by atoms with Crippen LogP contribution in [0.1, 0.15) is 52.4 Å². The molecular formula is C17H34N4. The van der Waals surface area contributed by atoms with E-state index in [-0.39, 0.29) is 0 Å². The second kappa shape index (κ2) is 8.62. The first kappa shape index (κ1) is 16.6. The number of nitrogens with zero attached hydrogens (tertiary/aromatic N) is 3. The van der Waals surface area contributed by atoms with Crippen molar-refractivity contribution in [3.05, 3.63) is 0 Å². The molecule has 0 aromatic carbocycles. The molecule has 0 spiro atoms. The van der Waals surface area contributed by atoms with Gasteiger partial charge in [0, 0.05) is 32.2 Å². The van der Waals surface area contributed by atoms with E-state index in [0.717, 1.165) is 50.6 Å². The van der Waals surface area contributed by atoms with Gasteiger partial charge in [-0.25, -0.2) is 0 Å². The number of nitrogens with one attached hydrogen (secondary N) is 1. The molecule has 0 aromatic heterocycles. The number of piperidine rings is 1. The normalized spacial score (nSPS) is 22.3. The van der Waals surface area contributed by atoms with E-state index in [1.165, 1.54) is 38.5 Å². The molecule has 2 aliphatic rings. The van der Waals surface area contributed by atoms with Crippen molar-refractivity contribution in [2.45, 2.75) is 58.4 Å². The molecule has 122 valence electrons. The lowest BCUT2D eigenvalue weighted by Crippen LogP contribution is -2.45. The Bertz CT molecular complexity index is 315. The van der Waals surface area contributed by atoms with Gasteiger partial charge in [-0.15, -0.1) is 0 Å². The highest BCUT2D eigenvalue weighted by atomic mass is 15.3. The number of aliphatic imine (C=N–C) groups is 1. The average Bonchev–Trinajstić information content (AvgIpc) is 3.01. The highest BCUT2D eigenvalue weighted by Crippen LogP contribution is 2.22. The predicted octanol–water partition coefficient (Wildman–Crippen LogP) is 2.56. The Morgan fingerprint density at radius 1 is 1.19 bits per heavy atom. The Kier molecular flexibility index (Phi) is 6.81. The lowest BCUT2D eigenvalue weighted by Gasteiger charge is -2.33. The van der Waals surface area contributed by atoms with Crippen LogP contribution in [0.15, 0.2) is 4.99 Å². The van der Waals surface area contributed by atoms with E-state index in [9.17, 15) is 0 Å². The lowest BCUT2D eigenvalue weighted by atomic mass is 10.00. The first-order chi connectivity index (χ1) is 10.2. The van der Waals surface area contributed by atoms with Crippen molar-refractivity contribution in [2.24, 2.45) is 10.9 Å². The van der Waals surface area contributed by atoms with Gasteiger partial charge in [0.15, 0.2) is 5.96 Å². The van der Waals surface area contributed by atoms with Crippen LogP contribution >= 0.6 is 0 Å². The summed E-state index contributed by atoms with van der Waals surface area (Å²) in [5.41, 5.74) is 0. The van der Waals surface area contributed by atoms with Crippen LogP contribution in [0.25, 0.3) is 0 Å². The summed E-state index contributed by atoms with van der Waals surface area (Å²) >= 11 is 0. The quantitative estimate of drug-likeness (QED) is 0.624. The zero-order valence-electron chi connectivity index (χ0n) is 14.3. The zero-order valence-corrected chi connectivity index (χ0v) is 14.3. The fourth-order valence-electron chi connectivity index (χ4n) is 3.49. The van der Waals surface area contributed by atoms with Crippen LogP contribution in [0.4, 0.5) is 0 Å². The molecule has 4 nitrogen and oxygen atoms in total. The van der Waals surface area contributed by atoms with E-state index in [4.69, 9.17) is 4.99 Å². The minimum absolute atomic E-state index is 0.804. The monoisotopic (exact) mass is 294 g/mol. The molecule has 0 radical (unpaired) electrons. The molecule has 0 bridgehead atoms. The largest absolute Gasteiger partial charge is 0.357 e. The molecule has 1 aliphatic carbocycles. The molecule has 1 N–H and O–H groups in total. The van der Waals surface area contributed by atoms with Crippen molar-refractivity contribution in [1.82, 2.24) is 15.1 Å². The Morgan fingerprint density at radius 2 is 1.86 bits per heavy atom. The summed E-state index contributed by atoms with van der Waals surface area (Å²) in [4.78, 5) is 9.82. The molecule has 0 amide bonds. The molecule has 1 aliphatic heterocycles. The minimum Gasteiger partial charge on any atom is -0.357 e. The third kappa shape index (κ3) is 5.17. The summed E-state index contributed by atoms with van der Waals surface area (Å²) in [7, 11) is 2.26. The fourth-order valence-corrected chi connectivity index (χ4v) is 3.49. The predicted molar refractivity (Wildman–Crippen MR) is 90.8 cm³/mol. The average molecular weight is 294 g/mol. The summed E-state index contributed by atoms with van der Waals surface area (Å²) in [5.74, 6) is 2.00. The topological polar surface area (TPSA) is 30.9 Å². The Morgan fingerprint density at radius 3 is 2.48 bits per heavy atom. The molecule has 0 aromatic rings. The van der Waals surface area contributed by atoms with E-state index < -0.39 is 0 Å². The third-order valence-electron chi connectivity index (χ3n) is 5.08. The van der Waals surface area contributed by atoms with Crippen LogP contribution in [0.3, 0.4) is 0 Å². The first-order valence-electron chi connectivity index (χ1n) is 8.94. The van der Waals surface area contributed by atoms with Crippen LogP contribution in [0, 0.1) is 5.92 Å². The first-order valence-corrected chi connectivity index (χ1v) is 8.94. The Balaban J connectivity index is 1.79. The molecule has 21 heavy (non-hydrogen) atoms. The molecule has 0 unspecified atom stereocenters. The van der Waals surface area contributed by atoms with Gasteiger partial charge in [-0.3, -0.25) is 4.99 Å². The summed E-state index contributed by atoms with van der Waals surface area (Å²) in [6.07, 6.45) is 8.17. The third-order valence-corrected chi connectivity index (χ3v) is 5.08. The maximum Gasteiger partial charge on any atom is 0.193 e. The van der Waals surface area contributed by atoms with Crippen LogP contribution in [0.2, 0.25) is 0 Å². The number of likely N-dealkylation sites (N-methyl/N-ethyl adjacent to an activating group) is 1.